The van der Waals surface area contributed by atoms with Crippen LogP contribution in [0.25, 0.3) is 6.08 Å². The fourth-order valence-corrected chi connectivity index (χ4v) is 5.68. The number of anilines is 1. The number of hydrogen-bond donors (Lipinski definition) is 0. The minimum atomic E-state index is -0.467. The van der Waals surface area contributed by atoms with E-state index in [1.165, 1.54) is 5.56 Å². The average molecular weight is 607 g/mol. The van der Waals surface area contributed by atoms with Gasteiger partial charge in [0.25, 0.3) is 11.1 Å². The van der Waals surface area contributed by atoms with Gasteiger partial charge in [-0.25, -0.2) is 0 Å². The molecule has 0 unspecified atom stereocenters. The van der Waals surface area contributed by atoms with Crippen molar-refractivity contribution in [2.45, 2.75) is 13.5 Å². The maximum absolute atomic E-state index is 13.2. The summed E-state index contributed by atoms with van der Waals surface area (Å²) in [4.78, 5) is 44.1. The van der Waals surface area contributed by atoms with Gasteiger partial charge >= 0.3 is 0 Å². The quantitative estimate of drug-likeness (QED) is 0.321. The van der Waals surface area contributed by atoms with Crippen molar-refractivity contribution in [2.75, 3.05) is 37.6 Å². The van der Waals surface area contributed by atoms with Crippen LogP contribution in [0, 0.1) is 6.92 Å². The minimum Gasteiger partial charge on any atom is -0.488 e. The molecule has 0 bridgehead atoms. The summed E-state index contributed by atoms with van der Waals surface area (Å²) >= 11 is 4.32. The molecule has 0 N–H and O–H groups in total. The maximum atomic E-state index is 13.2. The van der Waals surface area contributed by atoms with Gasteiger partial charge in [-0.1, -0.05) is 64.0 Å². The Balaban J connectivity index is 1.23. The van der Waals surface area contributed by atoms with Crippen molar-refractivity contribution >= 4 is 56.5 Å². The highest BCUT2D eigenvalue weighted by Gasteiger charge is 2.37. The number of imide groups is 1. The van der Waals surface area contributed by atoms with E-state index in [1.807, 2.05) is 79.7 Å². The summed E-state index contributed by atoms with van der Waals surface area (Å²) in [5, 5.41) is -0.445. The highest BCUT2D eigenvalue weighted by molar-refractivity contribution is 9.10. The first-order valence-electron chi connectivity index (χ1n) is 12.7. The first-order valence-corrected chi connectivity index (χ1v) is 14.3. The minimum absolute atomic E-state index is 0.226. The van der Waals surface area contributed by atoms with Crippen LogP contribution < -0.4 is 9.64 Å². The van der Waals surface area contributed by atoms with Gasteiger partial charge in [-0.2, -0.15) is 0 Å². The molecule has 2 aliphatic heterocycles. The molecule has 3 amide bonds. The molecule has 2 heterocycles. The Morgan fingerprint density at radius 2 is 1.69 bits per heavy atom. The van der Waals surface area contributed by atoms with Gasteiger partial charge in [0.2, 0.25) is 5.91 Å². The van der Waals surface area contributed by atoms with Crippen LogP contribution in [0.5, 0.6) is 5.75 Å². The lowest BCUT2D eigenvalue weighted by Crippen LogP contribution is -2.51. The summed E-state index contributed by atoms with van der Waals surface area (Å²) in [5.41, 5.74) is 3.99. The van der Waals surface area contributed by atoms with Crippen molar-refractivity contribution in [2.24, 2.45) is 0 Å². The number of carbonyl (C=O) groups is 3. The molecule has 7 nitrogen and oxygen atoms in total. The van der Waals surface area contributed by atoms with Crippen LogP contribution in [0.1, 0.15) is 16.7 Å². The van der Waals surface area contributed by atoms with Crippen LogP contribution in [-0.2, 0) is 16.2 Å². The van der Waals surface area contributed by atoms with E-state index in [0.717, 1.165) is 32.4 Å². The van der Waals surface area contributed by atoms with E-state index in [2.05, 4.69) is 20.8 Å². The predicted molar refractivity (Wildman–Crippen MR) is 158 cm³/mol. The molecule has 200 valence electrons. The Morgan fingerprint density at radius 3 is 2.41 bits per heavy atom. The first kappa shape index (κ1) is 27.0. The molecule has 2 fully saturated rings. The van der Waals surface area contributed by atoms with Crippen molar-refractivity contribution in [3.8, 4) is 5.75 Å². The van der Waals surface area contributed by atoms with E-state index in [0.29, 0.717) is 44.1 Å². The Labute approximate surface area is 240 Å². The van der Waals surface area contributed by atoms with Crippen molar-refractivity contribution < 1.29 is 19.1 Å². The Morgan fingerprint density at radius 1 is 0.974 bits per heavy atom. The smallest absolute Gasteiger partial charge is 0.294 e. The van der Waals surface area contributed by atoms with E-state index in [1.54, 1.807) is 11.0 Å². The molecule has 5 rings (SSSR count). The van der Waals surface area contributed by atoms with Gasteiger partial charge in [0.05, 0.1) is 4.91 Å². The number of piperazine rings is 1. The van der Waals surface area contributed by atoms with E-state index in [4.69, 9.17) is 4.74 Å². The molecule has 0 saturated carbocycles. The van der Waals surface area contributed by atoms with Gasteiger partial charge in [-0.3, -0.25) is 19.3 Å². The van der Waals surface area contributed by atoms with Gasteiger partial charge in [0, 0.05) is 41.9 Å². The third kappa shape index (κ3) is 6.54. The zero-order chi connectivity index (χ0) is 27.4. The Bertz CT molecular complexity index is 1400. The molecule has 2 saturated heterocycles. The van der Waals surface area contributed by atoms with Crippen LogP contribution in [-0.4, -0.2) is 59.6 Å². The molecular formula is C30H28BrN3O4S. The number of rotatable bonds is 7. The van der Waals surface area contributed by atoms with Crippen LogP contribution >= 0.6 is 27.7 Å². The third-order valence-electron chi connectivity index (χ3n) is 6.69. The van der Waals surface area contributed by atoms with Gasteiger partial charge in [-0.05, 0) is 60.7 Å². The van der Waals surface area contributed by atoms with E-state index >= 15 is 0 Å². The molecule has 9 heteroatoms. The van der Waals surface area contributed by atoms with Gasteiger partial charge < -0.3 is 14.5 Å². The average Bonchev–Trinajstić information content (AvgIpc) is 3.21. The normalized spacial score (nSPS) is 16.8. The second-order valence-corrected chi connectivity index (χ2v) is 11.3. The number of ether oxygens (including phenoxy) is 1. The first-order chi connectivity index (χ1) is 18.9. The fraction of sp³-hybridized carbons (Fsp3) is 0.233. The number of aryl methyl sites for hydroxylation is 1. The number of nitrogens with zero attached hydrogens (tertiary/aromatic N) is 3. The van der Waals surface area contributed by atoms with E-state index in [9.17, 15) is 14.4 Å². The standard InChI is InChI=1S/C30H28BrN3O4S/c1-21-7-9-22(10-8-21)20-38-26-12-11-24(31)17-23(26)18-27-29(36)34(30(37)39-27)19-28(35)33-15-13-32(14-16-33)25-5-3-2-4-6-25/h2-12,17-18H,13-16,19-20H2,1H3/b27-18+. The zero-order valence-corrected chi connectivity index (χ0v) is 23.9. The monoisotopic (exact) mass is 605 g/mol. The summed E-state index contributed by atoms with van der Waals surface area (Å²) < 4.78 is 6.87. The molecule has 0 aromatic heterocycles. The summed E-state index contributed by atoms with van der Waals surface area (Å²) in [6.45, 7) is 4.62. The number of carbonyl (C=O) groups excluding carboxylic acids is 3. The van der Waals surface area contributed by atoms with E-state index < -0.39 is 11.1 Å². The second-order valence-electron chi connectivity index (χ2n) is 9.43. The molecule has 0 atom stereocenters. The van der Waals surface area contributed by atoms with E-state index in [-0.39, 0.29) is 17.4 Å². The lowest BCUT2D eigenvalue weighted by Gasteiger charge is -2.36. The van der Waals surface area contributed by atoms with Crippen molar-refractivity contribution in [3.63, 3.8) is 0 Å². The molecule has 0 spiro atoms. The number of halogens is 1. The molecular weight excluding hydrogens is 578 g/mol. The van der Waals surface area contributed by atoms with Crippen LogP contribution in [0.15, 0.2) is 82.2 Å². The number of benzene rings is 3. The van der Waals surface area contributed by atoms with Crippen LogP contribution in [0.2, 0.25) is 0 Å². The summed E-state index contributed by atoms with van der Waals surface area (Å²) in [5.74, 6) is -0.0977. The lowest BCUT2D eigenvalue weighted by molar-refractivity contribution is -0.136. The molecule has 2 aliphatic rings. The highest BCUT2D eigenvalue weighted by Crippen LogP contribution is 2.35. The fourth-order valence-electron chi connectivity index (χ4n) is 4.47. The Kier molecular flexibility index (Phi) is 8.38. The predicted octanol–water partition coefficient (Wildman–Crippen LogP) is 5.72. The van der Waals surface area contributed by atoms with Gasteiger partial charge in [-0.15, -0.1) is 0 Å². The summed E-state index contributed by atoms with van der Waals surface area (Å²) in [6, 6.07) is 23.7. The van der Waals surface area contributed by atoms with Gasteiger partial charge in [0.15, 0.2) is 0 Å². The molecule has 3 aromatic carbocycles. The summed E-state index contributed by atoms with van der Waals surface area (Å²) in [7, 11) is 0. The van der Waals surface area contributed by atoms with Crippen molar-refractivity contribution in [3.05, 3.63) is 98.9 Å². The summed E-state index contributed by atoms with van der Waals surface area (Å²) in [6.07, 6.45) is 1.66. The highest BCUT2D eigenvalue weighted by atomic mass is 79.9. The SMILES string of the molecule is Cc1ccc(COc2ccc(Br)cc2/C=C2/SC(=O)N(CC(=O)N3CCN(c4ccccc4)CC3)C2=O)cc1. The zero-order valence-electron chi connectivity index (χ0n) is 21.5. The maximum Gasteiger partial charge on any atom is 0.294 e. The van der Waals surface area contributed by atoms with Crippen molar-refractivity contribution in [1.29, 1.82) is 0 Å². The largest absolute Gasteiger partial charge is 0.488 e. The third-order valence-corrected chi connectivity index (χ3v) is 8.09. The topological polar surface area (TPSA) is 70.2 Å². The number of hydrogen-bond acceptors (Lipinski definition) is 6. The Hall–Kier alpha value is -3.56. The van der Waals surface area contributed by atoms with Gasteiger partial charge in [0.1, 0.15) is 18.9 Å². The number of thioether (sulfide) groups is 1. The van der Waals surface area contributed by atoms with Crippen molar-refractivity contribution in [1.82, 2.24) is 9.80 Å². The van der Waals surface area contributed by atoms with Crippen LogP contribution in [0.4, 0.5) is 10.5 Å². The van der Waals surface area contributed by atoms with Crippen LogP contribution in [0.3, 0.4) is 0 Å². The molecule has 3 aromatic rings. The molecule has 0 aliphatic carbocycles. The molecule has 0 radical (unpaired) electrons. The molecule has 39 heavy (non-hydrogen) atoms. The lowest BCUT2D eigenvalue weighted by atomic mass is 10.1. The number of para-hydroxylation sites is 1. The second kappa shape index (κ2) is 12.1. The number of amides is 3.